The number of rotatable bonds is 8. The second-order valence-electron chi connectivity index (χ2n) is 5.74. The van der Waals surface area contributed by atoms with Crippen LogP contribution in [0.25, 0.3) is 0 Å². The SMILES string of the molecule is O=C1O[C@H]([C@@H](O)CO)C(O)=C1OP(=O)(O)O.O=C1O[C@H]([C@@H](O)CO)C(O)=C1OP(=O)(O)O.[Mg].[Mg].[Mg]. The Morgan fingerprint density at radius 1 is 0.714 bits per heavy atom. The Hall–Kier alpha value is 0.0587. The number of hydrogen-bond acceptors (Lipinski definition) is 14. The minimum Gasteiger partial charge on any atom is -0.505 e. The van der Waals surface area contributed by atoms with Gasteiger partial charge >= 0.3 is 27.6 Å². The zero-order valence-corrected chi connectivity index (χ0v) is 23.5. The van der Waals surface area contributed by atoms with Gasteiger partial charge in [0, 0.05) is 69.2 Å². The van der Waals surface area contributed by atoms with Crippen molar-refractivity contribution in [3.63, 3.8) is 0 Å². The number of phosphoric ester groups is 2. The van der Waals surface area contributed by atoms with Crippen LogP contribution in [0.3, 0.4) is 0 Å². The topological polar surface area (TPSA) is 308 Å². The molecule has 0 fully saturated rings. The van der Waals surface area contributed by atoms with Gasteiger partial charge < -0.3 is 49.2 Å². The van der Waals surface area contributed by atoms with E-state index in [4.69, 9.17) is 40.0 Å². The first-order valence-electron chi connectivity index (χ1n) is 7.88. The summed E-state index contributed by atoms with van der Waals surface area (Å²) < 4.78 is 37.3. The number of phosphoric acid groups is 2. The van der Waals surface area contributed by atoms with Gasteiger partial charge in [-0.1, -0.05) is 0 Å². The van der Waals surface area contributed by atoms with Crippen LogP contribution < -0.4 is 0 Å². The Labute approximate surface area is 243 Å². The van der Waals surface area contributed by atoms with Gasteiger partial charge in [-0.25, -0.2) is 18.7 Å². The van der Waals surface area contributed by atoms with Crippen LogP contribution in [0, 0.1) is 0 Å². The van der Waals surface area contributed by atoms with Crippen LogP contribution >= 0.6 is 15.6 Å². The Balaban J connectivity index is -0.000000539. The van der Waals surface area contributed by atoms with Gasteiger partial charge in [0.1, 0.15) is 12.2 Å². The fourth-order valence-corrected chi connectivity index (χ4v) is 2.85. The number of esters is 2. The summed E-state index contributed by atoms with van der Waals surface area (Å²) in [6.07, 6.45) is -6.42. The molecule has 0 amide bonds. The molecule has 2 rings (SSSR count). The van der Waals surface area contributed by atoms with Crippen molar-refractivity contribution >= 4 is 96.7 Å². The maximum atomic E-state index is 11.0. The lowest BCUT2D eigenvalue weighted by molar-refractivity contribution is -0.148. The zero-order chi connectivity index (χ0) is 25.0. The van der Waals surface area contributed by atoms with Gasteiger partial charge in [0.15, 0.2) is 23.7 Å². The summed E-state index contributed by atoms with van der Waals surface area (Å²) in [5.41, 5.74) is 0. The minimum atomic E-state index is -5.02. The summed E-state index contributed by atoms with van der Waals surface area (Å²) >= 11 is 0. The van der Waals surface area contributed by atoms with Crippen LogP contribution in [0.15, 0.2) is 23.0 Å². The molecule has 6 radical (unpaired) electrons. The van der Waals surface area contributed by atoms with Gasteiger partial charge in [-0.05, 0) is 0 Å². The molecule has 0 aromatic carbocycles. The standard InChI is InChI=1S/2C6H9O9P.3Mg/c2*7-1-2(8)4-3(9)5(6(10)14-4)15-16(11,12)13;;;/h2*2,4,7-9H,1H2,(H2,11,12,13);;;/t2*2-,4+;;;/m00.../s1. The highest BCUT2D eigenvalue weighted by atomic mass is 31.2. The van der Waals surface area contributed by atoms with Crippen molar-refractivity contribution in [3.05, 3.63) is 23.0 Å². The number of ether oxygens (including phenoxy) is 2. The minimum absolute atomic E-state index is 0. The van der Waals surface area contributed by atoms with Crippen molar-refractivity contribution in [2.24, 2.45) is 0 Å². The molecule has 0 aromatic rings. The van der Waals surface area contributed by atoms with E-state index in [1.54, 1.807) is 0 Å². The third-order valence-corrected chi connectivity index (χ3v) is 4.18. The highest BCUT2D eigenvalue weighted by Gasteiger charge is 2.43. The number of hydrogen-bond donors (Lipinski definition) is 10. The van der Waals surface area contributed by atoms with Crippen LogP contribution in [-0.4, -0.2) is 169 Å². The van der Waals surface area contributed by atoms with Gasteiger partial charge in [-0.2, -0.15) is 0 Å². The van der Waals surface area contributed by atoms with Crippen molar-refractivity contribution in [2.45, 2.75) is 24.4 Å². The summed E-state index contributed by atoms with van der Waals surface area (Å²) in [4.78, 5) is 55.7. The maximum Gasteiger partial charge on any atom is 0.525 e. The summed E-state index contributed by atoms with van der Waals surface area (Å²) in [7, 11) is -10.0. The summed E-state index contributed by atoms with van der Waals surface area (Å²) in [5.74, 6) is -6.78. The third kappa shape index (κ3) is 12.0. The first-order valence-corrected chi connectivity index (χ1v) is 10.9. The second-order valence-corrected chi connectivity index (χ2v) is 8.07. The lowest BCUT2D eigenvalue weighted by Crippen LogP contribution is -2.31. The van der Waals surface area contributed by atoms with Crippen molar-refractivity contribution in [1.82, 2.24) is 0 Å². The lowest BCUT2D eigenvalue weighted by Gasteiger charge is -2.13. The molecule has 190 valence electrons. The van der Waals surface area contributed by atoms with Crippen LogP contribution in [0.2, 0.25) is 0 Å². The van der Waals surface area contributed by atoms with Crippen molar-refractivity contribution in [1.29, 1.82) is 0 Å². The Morgan fingerprint density at radius 2 is 0.971 bits per heavy atom. The van der Waals surface area contributed by atoms with Crippen LogP contribution in [0.1, 0.15) is 0 Å². The average molecular weight is 585 g/mol. The molecule has 0 spiro atoms. The van der Waals surface area contributed by atoms with Crippen molar-refractivity contribution in [3.8, 4) is 0 Å². The summed E-state index contributed by atoms with van der Waals surface area (Å²) in [5, 5.41) is 53.8. The van der Waals surface area contributed by atoms with E-state index in [0.717, 1.165) is 0 Å². The first kappa shape index (κ1) is 39.6. The normalized spacial score (nSPS) is 21.3. The lowest BCUT2D eigenvalue weighted by atomic mass is 10.2. The predicted molar refractivity (Wildman–Crippen MR) is 109 cm³/mol. The van der Waals surface area contributed by atoms with Gasteiger partial charge in [-0.3, -0.25) is 19.6 Å². The molecule has 2 heterocycles. The maximum absolute atomic E-state index is 11.0. The van der Waals surface area contributed by atoms with E-state index < -0.39 is 88.3 Å². The fourth-order valence-electron chi connectivity index (χ4n) is 2.04. The largest absolute Gasteiger partial charge is 0.525 e. The van der Waals surface area contributed by atoms with E-state index in [1.165, 1.54) is 0 Å². The van der Waals surface area contributed by atoms with Gasteiger partial charge in [0.05, 0.1) is 13.2 Å². The van der Waals surface area contributed by atoms with E-state index in [2.05, 4.69) is 18.5 Å². The van der Waals surface area contributed by atoms with Gasteiger partial charge in [-0.15, -0.1) is 0 Å². The smallest absolute Gasteiger partial charge is 0.505 e. The predicted octanol–water partition coefficient (Wildman–Crippen LogP) is -4.85. The summed E-state index contributed by atoms with van der Waals surface area (Å²) in [6.45, 7) is -1.63. The number of carbonyl (C=O) groups is 2. The van der Waals surface area contributed by atoms with E-state index in [9.17, 15) is 28.9 Å². The van der Waals surface area contributed by atoms with Crippen LogP contribution in [-0.2, 0) is 37.2 Å². The van der Waals surface area contributed by atoms with E-state index >= 15 is 0 Å². The van der Waals surface area contributed by atoms with Gasteiger partial charge in [0.2, 0.25) is 0 Å². The van der Waals surface area contributed by atoms with Gasteiger partial charge in [0.25, 0.3) is 11.5 Å². The number of aliphatic hydroxyl groups excluding tert-OH is 6. The number of carbonyl (C=O) groups excluding carboxylic acids is 2. The molecule has 0 unspecified atom stereocenters. The molecule has 35 heavy (non-hydrogen) atoms. The van der Waals surface area contributed by atoms with E-state index in [0.29, 0.717) is 0 Å². The number of cyclic esters (lactones) is 2. The zero-order valence-electron chi connectivity index (χ0n) is 17.5. The molecule has 18 nitrogen and oxygen atoms in total. The fraction of sp³-hybridized carbons (Fsp3) is 0.500. The van der Waals surface area contributed by atoms with Crippen LogP contribution in [0.5, 0.6) is 0 Å². The number of aliphatic hydroxyl groups is 6. The molecule has 0 aromatic heterocycles. The Morgan fingerprint density at radius 3 is 1.17 bits per heavy atom. The second kappa shape index (κ2) is 16.1. The molecule has 23 heteroatoms. The molecule has 0 aliphatic carbocycles. The molecular formula is C12H18Mg3O18P2. The molecule has 0 saturated heterocycles. The van der Waals surface area contributed by atoms with Crippen LogP contribution in [0.4, 0.5) is 0 Å². The van der Waals surface area contributed by atoms with E-state index in [1.807, 2.05) is 0 Å². The van der Waals surface area contributed by atoms with E-state index in [-0.39, 0.29) is 69.2 Å². The monoisotopic (exact) mass is 584 g/mol. The highest BCUT2D eigenvalue weighted by Crippen LogP contribution is 2.43. The molecule has 2 aliphatic rings. The first-order chi connectivity index (χ1) is 14.5. The highest BCUT2D eigenvalue weighted by molar-refractivity contribution is 7.46. The quantitative estimate of drug-likeness (QED) is 0.0725. The molecule has 0 saturated carbocycles. The molecule has 10 N–H and O–H groups in total. The third-order valence-electron chi connectivity index (χ3n) is 3.34. The molecule has 0 bridgehead atoms. The molecule has 2 aliphatic heterocycles. The Kier molecular flexibility index (Phi) is 18.2. The molecule has 4 atom stereocenters. The van der Waals surface area contributed by atoms with Crippen molar-refractivity contribution < 1.29 is 87.5 Å². The summed E-state index contributed by atoms with van der Waals surface area (Å²) in [6, 6.07) is 0. The van der Waals surface area contributed by atoms with Crippen molar-refractivity contribution in [2.75, 3.05) is 13.2 Å². The Bertz CT molecular complexity index is 823. The molecular weight excluding hydrogens is 567 g/mol. The average Bonchev–Trinajstić information content (AvgIpc) is 3.10.